The van der Waals surface area contributed by atoms with E-state index in [2.05, 4.69) is 9.46 Å². The second-order valence-electron chi connectivity index (χ2n) is 5.61. The van der Waals surface area contributed by atoms with E-state index in [9.17, 15) is 18.3 Å². The fourth-order valence-corrected chi connectivity index (χ4v) is 3.94. The highest BCUT2D eigenvalue weighted by atomic mass is 32.2. The summed E-state index contributed by atoms with van der Waals surface area (Å²) in [5.74, 6) is -0.851. The minimum Gasteiger partial charge on any atom is -0.508 e. The molecule has 0 saturated carbocycles. The predicted octanol–water partition coefficient (Wildman–Crippen LogP) is 2.47. The lowest BCUT2D eigenvalue weighted by molar-refractivity contribution is 0.0602. The maximum atomic E-state index is 12.6. The van der Waals surface area contributed by atoms with Crippen LogP contribution >= 0.6 is 0 Å². The van der Waals surface area contributed by atoms with Gasteiger partial charge in [-0.15, -0.1) is 0 Å². The Kier molecular flexibility index (Phi) is 4.19. The first-order valence-corrected chi connectivity index (χ1v) is 8.95. The van der Waals surface area contributed by atoms with E-state index in [1.54, 1.807) is 12.1 Å². The third kappa shape index (κ3) is 3.07. The van der Waals surface area contributed by atoms with Crippen LogP contribution in [0.5, 0.6) is 5.75 Å². The van der Waals surface area contributed by atoms with E-state index < -0.39 is 16.0 Å². The molecule has 1 aliphatic carbocycles. The van der Waals surface area contributed by atoms with Crippen molar-refractivity contribution in [3.05, 3.63) is 53.1 Å². The molecule has 7 heteroatoms. The van der Waals surface area contributed by atoms with Gasteiger partial charge >= 0.3 is 5.97 Å². The summed E-state index contributed by atoms with van der Waals surface area (Å²) in [6.45, 7) is 0. The zero-order valence-corrected chi connectivity index (χ0v) is 13.9. The second kappa shape index (κ2) is 6.16. The second-order valence-corrected chi connectivity index (χ2v) is 7.29. The van der Waals surface area contributed by atoms with E-state index in [0.717, 1.165) is 24.8 Å². The highest BCUT2D eigenvalue weighted by Gasteiger charge is 2.21. The number of aryl methyl sites for hydroxylation is 2. The quantitative estimate of drug-likeness (QED) is 0.829. The summed E-state index contributed by atoms with van der Waals surface area (Å²) in [5.41, 5.74) is 2.20. The zero-order valence-electron chi connectivity index (χ0n) is 13.1. The first-order valence-electron chi connectivity index (χ1n) is 7.46. The van der Waals surface area contributed by atoms with E-state index in [-0.39, 0.29) is 21.9 Å². The number of hydrogen-bond acceptors (Lipinski definition) is 5. The van der Waals surface area contributed by atoms with Gasteiger partial charge in [0.25, 0.3) is 10.0 Å². The molecule has 0 radical (unpaired) electrons. The molecule has 24 heavy (non-hydrogen) atoms. The van der Waals surface area contributed by atoms with Gasteiger partial charge in [-0.05, 0) is 54.7 Å². The van der Waals surface area contributed by atoms with Gasteiger partial charge in [0.1, 0.15) is 5.75 Å². The van der Waals surface area contributed by atoms with Crippen molar-refractivity contribution < 1.29 is 23.1 Å². The standard InChI is InChI=1S/C17H17NO5S/c1-23-17(20)15-8-6-13(19)10-16(15)18-24(21,22)14-7-5-11-3-2-4-12(11)9-14/h5-10,18-19H,2-4H2,1H3. The number of methoxy groups -OCH3 is 1. The molecule has 0 amide bonds. The van der Waals surface area contributed by atoms with E-state index >= 15 is 0 Å². The van der Waals surface area contributed by atoms with E-state index in [1.165, 1.54) is 30.9 Å². The maximum absolute atomic E-state index is 12.6. The van der Waals surface area contributed by atoms with Crippen LogP contribution in [0.25, 0.3) is 0 Å². The first kappa shape index (κ1) is 16.3. The van der Waals surface area contributed by atoms with E-state index in [1.807, 2.05) is 6.07 Å². The molecular formula is C17H17NO5S. The maximum Gasteiger partial charge on any atom is 0.339 e. The molecule has 0 bridgehead atoms. The Morgan fingerprint density at radius 3 is 2.62 bits per heavy atom. The van der Waals surface area contributed by atoms with Crippen molar-refractivity contribution in [2.45, 2.75) is 24.2 Å². The molecule has 0 atom stereocenters. The largest absolute Gasteiger partial charge is 0.508 e. The van der Waals surface area contributed by atoms with Crippen LogP contribution in [0.3, 0.4) is 0 Å². The molecule has 1 aliphatic rings. The lowest BCUT2D eigenvalue weighted by Gasteiger charge is -2.13. The number of hydrogen-bond donors (Lipinski definition) is 2. The van der Waals surface area contributed by atoms with Crippen LogP contribution in [0.2, 0.25) is 0 Å². The van der Waals surface area contributed by atoms with Crippen molar-refractivity contribution in [2.75, 3.05) is 11.8 Å². The lowest BCUT2D eigenvalue weighted by Crippen LogP contribution is -2.16. The monoisotopic (exact) mass is 347 g/mol. The summed E-state index contributed by atoms with van der Waals surface area (Å²) < 4.78 is 32.3. The number of phenolic OH excluding ortho intramolecular Hbond substituents is 1. The van der Waals surface area contributed by atoms with Gasteiger partial charge in [0, 0.05) is 6.07 Å². The van der Waals surface area contributed by atoms with Crippen LogP contribution in [0.1, 0.15) is 27.9 Å². The highest BCUT2D eigenvalue weighted by Crippen LogP contribution is 2.28. The van der Waals surface area contributed by atoms with Crippen molar-refractivity contribution >= 4 is 21.7 Å². The van der Waals surface area contributed by atoms with Gasteiger partial charge in [0.15, 0.2) is 0 Å². The average molecular weight is 347 g/mol. The number of fused-ring (bicyclic) bond motifs is 1. The summed E-state index contributed by atoms with van der Waals surface area (Å²) in [5, 5.41) is 9.60. The smallest absolute Gasteiger partial charge is 0.339 e. The number of ether oxygens (including phenoxy) is 1. The SMILES string of the molecule is COC(=O)c1ccc(O)cc1NS(=O)(=O)c1ccc2c(c1)CCC2. The Morgan fingerprint density at radius 1 is 1.12 bits per heavy atom. The van der Waals surface area contributed by atoms with Crippen LogP contribution in [-0.2, 0) is 27.6 Å². The molecule has 0 unspecified atom stereocenters. The molecule has 0 aliphatic heterocycles. The fourth-order valence-electron chi connectivity index (χ4n) is 2.82. The Hall–Kier alpha value is -2.54. The number of benzene rings is 2. The third-order valence-electron chi connectivity index (χ3n) is 4.03. The lowest BCUT2D eigenvalue weighted by atomic mass is 10.1. The Morgan fingerprint density at radius 2 is 1.88 bits per heavy atom. The molecule has 0 aromatic heterocycles. The number of esters is 1. The summed E-state index contributed by atoms with van der Waals surface area (Å²) in [4.78, 5) is 11.9. The summed E-state index contributed by atoms with van der Waals surface area (Å²) in [7, 11) is -2.68. The number of phenols is 1. The molecule has 0 heterocycles. The minimum absolute atomic E-state index is 0.0256. The topological polar surface area (TPSA) is 92.7 Å². The van der Waals surface area contributed by atoms with Crippen LogP contribution in [0.15, 0.2) is 41.3 Å². The number of aromatic hydroxyl groups is 1. The average Bonchev–Trinajstić information content (AvgIpc) is 3.01. The van der Waals surface area contributed by atoms with E-state index in [4.69, 9.17) is 0 Å². The van der Waals surface area contributed by atoms with Crippen LogP contribution < -0.4 is 4.72 Å². The molecule has 0 spiro atoms. The van der Waals surface area contributed by atoms with Crippen LogP contribution in [0, 0.1) is 0 Å². The van der Waals surface area contributed by atoms with Gasteiger partial charge in [-0.25, -0.2) is 13.2 Å². The number of carbonyl (C=O) groups is 1. The fraction of sp³-hybridized carbons (Fsp3) is 0.235. The predicted molar refractivity (Wildman–Crippen MR) is 88.7 cm³/mol. The number of rotatable bonds is 4. The van der Waals surface area contributed by atoms with Crippen LogP contribution in [-0.4, -0.2) is 26.6 Å². The molecule has 3 rings (SSSR count). The first-order chi connectivity index (χ1) is 11.4. The normalized spacial score (nSPS) is 13.4. The Labute approximate surface area is 140 Å². The Balaban J connectivity index is 1.98. The molecule has 2 aromatic rings. The zero-order chi connectivity index (χ0) is 17.3. The summed E-state index contributed by atoms with van der Waals surface area (Å²) in [6, 6.07) is 8.80. The molecule has 0 fully saturated rings. The van der Waals surface area contributed by atoms with Gasteiger partial charge < -0.3 is 9.84 Å². The number of anilines is 1. The van der Waals surface area contributed by atoms with Crippen molar-refractivity contribution in [1.82, 2.24) is 0 Å². The van der Waals surface area contributed by atoms with Gasteiger partial charge in [-0.3, -0.25) is 4.72 Å². The summed E-state index contributed by atoms with van der Waals surface area (Å²) >= 11 is 0. The summed E-state index contributed by atoms with van der Waals surface area (Å²) in [6.07, 6.45) is 2.84. The molecule has 126 valence electrons. The number of nitrogens with one attached hydrogen (secondary N) is 1. The molecule has 2 N–H and O–H groups in total. The van der Waals surface area contributed by atoms with Crippen molar-refractivity contribution in [1.29, 1.82) is 0 Å². The molecule has 6 nitrogen and oxygen atoms in total. The highest BCUT2D eigenvalue weighted by molar-refractivity contribution is 7.92. The van der Waals surface area contributed by atoms with Crippen LogP contribution in [0.4, 0.5) is 5.69 Å². The van der Waals surface area contributed by atoms with Crippen molar-refractivity contribution in [2.24, 2.45) is 0 Å². The minimum atomic E-state index is -3.88. The Bertz CT molecular complexity index is 905. The number of carbonyl (C=O) groups excluding carboxylic acids is 1. The molecular weight excluding hydrogens is 330 g/mol. The third-order valence-corrected chi connectivity index (χ3v) is 5.40. The van der Waals surface area contributed by atoms with E-state index in [0.29, 0.717) is 0 Å². The van der Waals surface area contributed by atoms with Gasteiger partial charge in [-0.1, -0.05) is 6.07 Å². The van der Waals surface area contributed by atoms with Gasteiger partial charge in [-0.2, -0.15) is 0 Å². The van der Waals surface area contributed by atoms with Crippen molar-refractivity contribution in [3.8, 4) is 5.75 Å². The van der Waals surface area contributed by atoms with Crippen molar-refractivity contribution in [3.63, 3.8) is 0 Å². The van der Waals surface area contributed by atoms with Gasteiger partial charge in [0.2, 0.25) is 0 Å². The molecule has 2 aromatic carbocycles. The van der Waals surface area contributed by atoms with Gasteiger partial charge in [0.05, 0.1) is 23.3 Å². The number of sulfonamides is 1. The molecule has 0 saturated heterocycles.